The maximum atomic E-state index is 5.91. The van der Waals surface area contributed by atoms with Gasteiger partial charge in [0.25, 0.3) is 5.19 Å². The first-order valence-electron chi connectivity index (χ1n) is 7.40. The zero-order valence-electron chi connectivity index (χ0n) is 12.3. The molecular formula is C15H17N5OS. The van der Waals surface area contributed by atoms with Crippen LogP contribution in [-0.2, 0) is 7.05 Å². The molecule has 0 aromatic carbocycles. The highest BCUT2D eigenvalue weighted by atomic mass is 32.1. The van der Waals surface area contributed by atoms with Crippen molar-refractivity contribution >= 4 is 28.4 Å². The molecule has 0 unspecified atom stereocenters. The zero-order chi connectivity index (χ0) is 14.9. The van der Waals surface area contributed by atoms with E-state index in [1.54, 1.807) is 17.5 Å². The first-order valence-corrected chi connectivity index (χ1v) is 8.28. The molecule has 22 heavy (non-hydrogen) atoms. The highest BCUT2D eigenvalue weighted by Crippen LogP contribution is 2.25. The fourth-order valence-corrected chi connectivity index (χ4v) is 3.43. The molecule has 0 aliphatic carbocycles. The number of thiazole rings is 1. The quantitative estimate of drug-likeness (QED) is 0.743. The Kier molecular flexibility index (Phi) is 3.42. The third kappa shape index (κ3) is 2.41. The SMILES string of the molecule is Cn1c(N2CCC(Oc3nccs3)CC2)nc2cccnc21. The van der Waals surface area contributed by atoms with E-state index in [4.69, 9.17) is 9.72 Å². The summed E-state index contributed by atoms with van der Waals surface area (Å²) in [5.74, 6) is 0.987. The van der Waals surface area contributed by atoms with Crippen molar-refractivity contribution in [2.75, 3.05) is 18.0 Å². The number of ether oxygens (including phenoxy) is 1. The minimum atomic E-state index is 0.246. The van der Waals surface area contributed by atoms with Gasteiger partial charge in [0.1, 0.15) is 11.6 Å². The monoisotopic (exact) mass is 315 g/mol. The van der Waals surface area contributed by atoms with Gasteiger partial charge >= 0.3 is 0 Å². The van der Waals surface area contributed by atoms with Crippen LogP contribution in [0.5, 0.6) is 5.19 Å². The van der Waals surface area contributed by atoms with Crippen LogP contribution in [0.3, 0.4) is 0 Å². The van der Waals surface area contributed by atoms with E-state index >= 15 is 0 Å². The van der Waals surface area contributed by atoms with Crippen molar-refractivity contribution in [3.63, 3.8) is 0 Å². The summed E-state index contributed by atoms with van der Waals surface area (Å²) < 4.78 is 7.98. The summed E-state index contributed by atoms with van der Waals surface area (Å²) in [6.45, 7) is 1.88. The number of pyridine rings is 1. The van der Waals surface area contributed by atoms with Crippen molar-refractivity contribution in [1.82, 2.24) is 19.5 Å². The lowest BCUT2D eigenvalue weighted by Gasteiger charge is -2.32. The Bertz CT molecular complexity index is 761. The van der Waals surface area contributed by atoms with Crippen molar-refractivity contribution < 1.29 is 4.74 Å². The Morgan fingerprint density at radius 1 is 1.23 bits per heavy atom. The Morgan fingerprint density at radius 3 is 2.82 bits per heavy atom. The third-order valence-electron chi connectivity index (χ3n) is 4.01. The van der Waals surface area contributed by atoms with Gasteiger partial charge in [-0.15, -0.1) is 0 Å². The Hall–Kier alpha value is -2.15. The van der Waals surface area contributed by atoms with Gasteiger partial charge in [-0.25, -0.2) is 15.0 Å². The molecule has 4 rings (SSSR count). The fourth-order valence-electron chi connectivity index (χ4n) is 2.88. The number of imidazole rings is 1. The Labute approximate surface area is 132 Å². The molecule has 0 atom stereocenters. The number of aryl methyl sites for hydroxylation is 1. The van der Waals surface area contributed by atoms with Crippen LogP contribution < -0.4 is 9.64 Å². The second-order valence-corrected chi connectivity index (χ2v) is 6.28. The number of fused-ring (bicyclic) bond motifs is 1. The minimum Gasteiger partial charge on any atom is -0.467 e. The third-order valence-corrected chi connectivity index (χ3v) is 4.67. The predicted molar refractivity (Wildman–Crippen MR) is 86.5 cm³/mol. The second-order valence-electron chi connectivity index (χ2n) is 5.42. The van der Waals surface area contributed by atoms with E-state index in [9.17, 15) is 0 Å². The molecule has 0 amide bonds. The number of nitrogens with zero attached hydrogens (tertiary/aromatic N) is 5. The lowest BCUT2D eigenvalue weighted by atomic mass is 10.1. The molecule has 4 heterocycles. The maximum absolute atomic E-state index is 5.91. The van der Waals surface area contributed by atoms with Crippen LogP contribution in [0.4, 0.5) is 5.95 Å². The first-order chi connectivity index (χ1) is 10.8. The van der Waals surface area contributed by atoms with Gasteiger partial charge in [-0.3, -0.25) is 4.57 Å². The van der Waals surface area contributed by atoms with Crippen LogP contribution in [0.15, 0.2) is 29.9 Å². The van der Waals surface area contributed by atoms with Crippen LogP contribution >= 0.6 is 11.3 Å². The molecule has 0 spiro atoms. The number of hydrogen-bond donors (Lipinski definition) is 0. The molecule has 0 N–H and O–H groups in total. The van der Waals surface area contributed by atoms with Gasteiger partial charge in [-0.05, 0) is 12.1 Å². The molecule has 1 fully saturated rings. The molecule has 3 aromatic heterocycles. The summed E-state index contributed by atoms with van der Waals surface area (Å²) in [5.41, 5.74) is 1.87. The lowest BCUT2D eigenvalue weighted by molar-refractivity contribution is 0.169. The largest absolute Gasteiger partial charge is 0.467 e. The molecule has 1 saturated heterocycles. The van der Waals surface area contributed by atoms with Crippen LogP contribution in [0, 0.1) is 0 Å². The molecule has 7 heteroatoms. The average Bonchev–Trinajstić information content (AvgIpc) is 3.17. The van der Waals surface area contributed by atoms with E-state index in [2.05, 4.69) is 19.4 Å². The zero-order valence-corrected chi connectivity index (χ0v) is 13.2. The summed E-state index contributed by atoms with van der Waals surface area (Å²) >= 11 is 1.55. The van der Waals surface area contributed by atoms with Crippen LogP contribution in [0.2, 0.25) is 0 Å². The summed E-state index contributed by atoms with van der Waals surface area (Å²) in [7, 11) is 2.02. The minimum absolute atomic E-state index is 0.246. The molecule has 1 aliphatic heterocycles. The van der Waals surface area contributed by atoms with Gasteiger partial charge in [-0.1, -0.05) is 11.3 Å². The number of piperidine rings is 1. The normalized spacial score (nSPS) is 16.3. The average molecular weight is 315 g/mol. The van der Waals surface area contributed by atoms with E-state index in [1.807, 2.05) is 30.8 Å². The summed E-state index contributed by atoms with van der Waals surface area (Å²) in [4.78, 5) is 15.6. The Balaban J connectivity index is 1.47. The second kappa shape index (κ2) is 5.57. The van der Waals surface area contributed by atoms with Crippen LogP contribution in [-0.4, -0.2) is 38.7 Å². The van der Waals surface area contributed by atoms with E-state index in [0.29, 0.717) is 0 Å². The highest BCUT2D eigenvalue weighted by Gasteiger charge is 2.24. The maximum Gasteiger partial charge on any atom is 0.273 e. The number of rotatable bonds is 3. The van der Waals surface area contributed by atoms with E-state index < -0.39 is 0 Å². The standard InChI is InChI=1S/C15H17N5OS/c1-19-13-12(3-2-6-16-13)18-14(19)20-8-4-11(5-9-20)21-15-17-7-10-22-15/h2-3,6-7,10-11H,4-5,8-9H2,1H3. The topological polar surface area (TPSA) is 56.1 Å². The van der Waals surface area contributed by atoms with E-state index in [-0.39, 0.29) is 6.10 Å². The van der Waals surface area contributed by atoms with Gasteiger partial charge in [0.2, 0.25) is 5.95 Å². The van der Waals surface area contributed by atoms with Gasteiger partial charge in [0.05, 0.1) is 0 Å². The van der Waals surface area contributed by atoms with Gasteiger partial charge < -0.3 is 9.64 Å². The molecule has 0 bridgehead atoms. The van der Waals surface area contributed by atoms with Gasteiger partial charge in [0.15, 0.2) is 5.65 Å². The van der Waals surface area contributed by atoms with Crippen LogP contribution in [0.1, 0.15) is 12.8 Å². The van der Waals surface area contributed by atoms with Crippen molar-refractivity contribution in [2.24, 2.45) is 7.05 Å². The molecular weight excluding hydrogens is 298 g/mol. The molecule has 0 radical (unpaired) electrons. The highest BCUT2D eigenvalue weighted by molar-refractivity contribution is 7.11. The van der Waals surface area contributed by atoms with E-state index in [0.717, 1.165) is 48.2 Å². The van der Waals surface area contributed by atoms with Gasteiger partial charge in [-0.2, -0.15) is 0 Å². The van der Waals surface area contributed by atoms with Crippen molar-refractivity contribution in [1.29, 1.82) is 0 Å². The first kappa shape index (κ1) is 13.5. The molecule has 0 saturated carbocycles. The molecule has 6 nitrogen and oxygen atoms in total. The molecule has 3 aromatic rings. The van der Waals surface area contributed by atoms with Crippen molar-refractivity contribution in [3.05, 3.63) is 29.9 Å². The number of aromatic nitrogens is 4. The lowest BCUT2D eigenvalue weighted by Crippen LogP contribution is -2.39. The Morgan fingerprint density at radius 2 is 2.09 bits per heavy atom. The summed E-state index contributed by atoms with van der Waals surface area (Å²) in [5, 5.41) is 2.71. The molecule has 114 valence electrons. The summed E-state index contributed by atoms with van der Waals surface area (Å²) in [6.07, 6.45) is 5.80. The van der Waals surface area contributed by atoms with E-state index in [1.165, 1.54) is 0 Å². The number of anilines is 1. The fraction of sp³-hybridized carbons (Fsp3) is 0.400. The molecule has 1 aliphatic rings. The summed E-state index contributed by atoms with van der Waals surface area (Å²) in [6, 6.07) is 3.93. The van der Waals surface area contributed by atoms with Crippen LogP contribution in [0.25, 0.3) is 11.2 Å². The predicted octanol–water partition coefficient (Wildman–Crippen LogP) is 2.47. The van der Waals surface area contributed by atoms with Crippen molar-refractivity contribution in [2.45, 2.75) is 18.9 Å². The smallest absolute Gasteiger partial charge is 0.273 e. The van der Waals surface area contributed by atoms with Crippen molar-refractivity contribution in [3.8, 4) is 5.19 Å². The van der Waals surface area contributed by atoms with Gasteiger partial charge in [0, 0.05) is 50.8 Å². The number of hydrogen-bond acceptors (Lipinski definition) is 6.